The van der Waals surface area contributed by atoms with Crippen molar-refractivity contribution in [2.75, 3.05) is 13.1 Å². The summed E-state index contributed by atoms with van der Waals surface area (Å²) < 4.78 is 2.15. The highest BCUT2D eigenvalue weighted by molar-refractivity contribution is 6.30. The molecule has 3 saturated heterocycles. The van der Waals surface area contributed by atoms with Gasteiger partial charge in [0.05, 0.1) is 11.4 Å². The molecular weight excluding hydrogens is 388 g/mol. The van der Waals surface area contributed by atoms with E-state index in [0.29, 0.717) is 17.6 Å². The summed E-state index contributed by atoms with van der Waals surface area (Å²) in [7, 11) is 0. The van der Waals surface area contributed by atoms with Gasteiger partial charge in [0, 0.05) is 48.5 Å². The van der Waals surface area contributed by atoms with Crippen molar-refractivity contribution < 1.29 is 9.90 Å². The number of nitrogens with zero attached hydrogens (tertiary/aromatic N) is 4. The standard InChI is InChI=1S/C22H23ClN4O2/c23-16-6-4-15(5-7-16)21-19(27-11-2-1-3-20(27)24-21)14-25-13-18-9-8-17(25)10-12-26(18)22(28)29/h1-7,11,17-18H,8-10,12-14H2,(H,28,29). The normalized spacial score (nSPS) is 22.2. The van der Waals surface area contributed by atoms with Gasteiger partial charge in [-0.3, -0.25) is 4.90 Å². The van der Waals surface area contributed by atoms with Gasteiger partial charge in [0.15, 0.2) is 0 Å². The van der Waals surface area contributed by atoms with Crippen LogP contribution in [0.15, 0.2) is 48.7 Å². The topological polar surface area (TPSA) is 61.1 Å². The fourth-order valence-corrected chi connectivity index (χ4v) is 4.93. The molecule has 7 heteroatoms. The van der Waals surface area contributed by atoms with Crippen molar-refractivity contribution in [2.45, 2.75) is 37.9 Å². The van der Waals surface area contributed by atoms with Crippen molar-refractivity contribution in [2.24, 2.45) is 0 Å². The summed E-state index contributed by atoms with van der Waals surface area (Å²) in [6, 6.07) is 14.3. The Morgan fingerprint density at radius 3 is 2.69 bits per heavy atom. The lowest BCUT2D eigenvalue weighted by Gasteiger charge is -2.37. The molecule has 1 N–H and O–H groups in total. The predicted molar refractivity (Wildman–Crippen MR) is 112 cm³/mol. The number of halogens is 1. The quantitative estimate of drug-likeness (QED) is 0.696. The molecular formula is C22H23ClN4O2. The molecule has 3 fully saturated rings. The third-order valence-electron chi connectivity index (χ3n) is 6.28. The Morgan fingerprint density at radius 1 is 1.10 bits per heavy atom. The molecule has 0 saturated carbocycles. The van der Waals surface area contributed by atoms with E-state index in [2.05, 4.69) is 15.5 Å². The van der Waals surface area contributed by atoms with Crippen molar-refractivity contribution >= 4 is 23.3 Å². The summed E-state index contributed by atoms with van der Waals surface area (Å²) in [5.74, 6) is 0. The van der Waals surface area contributed by atoms with Crippen LogP contribution in [-0.4, -0.2) is 55.6 Å². The number of piperidine rings is 1. The van der Waals surface area contributed by atoms with E-state index in [1.165, 1.54) is 0 Å². The highest BCUT2D eigenvalue weighted by Gasteiger charge is 2.38. The van der Waals surface area contributed by atoms with Crippen LogP contribution in [0.2, 0.25) is 5.02 Å². The van der Waals surface area contributed by atoms with Crippen LogP contribution in [0.5, 0.6) is 0 Å². The lowest BCUT2D eigenvalue weighted by Crippen LogP contribution is -2.48. The van der Waals surface area contributed by atoms with Crippen molar-refractivity contribution in [3.05, 3.63) is 59.4 Å². The zero-order chi connectivity index (χ0) is 20.0. The third-order valence-corrected chi connectivity index (χ3v) is 6.54. The Morgan fingerprint density at radius 2 is 1.90 bits per heavy atom. The van der Waals surface area contributed by atoms with E-state index in [0.717, 1.165) is 55.0 Å². The SMILES string of the molecule is O=C(O)N1CCC2CCC1CN2Cc1c(-c2ccc(Cl)cc2)nc2ccccn12. The number of carbonyl (C=O) groups is 1. The number of amides is 1. The summed E-state index contributed by atoms with van der Waals surface area (Å²) in [5, 5.41) is 10.3. The molecule has 1 amide bonds. The molecule has 3 aliphatic rings. The minimum Gasteiger partial charge on any atom is -0.465 e. The van der Waals surface area contributed by atoms with Gasteiger partial charge in [0.25, 0.3) is 0 Å². The van der Waals surface area contributed by atoms with Crippen LogP contribution < -0.4 is 0 Å². The molecule has 3 aromatic rings. The maximum atomic E-state index is 11.6. The Kier molecular flexibility index (Phi) is 4.68. The first-order valence-electron chi connectivity index (χ1n) is 10.1. The lowest BCUT2D eigenvalue weighted by molar-refractivity contribution is 0.0899. The Bertz CT molecular complexity index is 1050. The number of imidazole rings is 1. The number of hydrogen-bond donors (Lipinski definition) is 1. The summed E-state index contributed by atoms with van der Waals surface area (Å²) in [5.41, 5.74) is 4.06. The summed E-state index contributed by atoms with van der Waals surface area (Å²) in [6.45, 7) is 2.15. The molecule has 2 atom stereocenters. The van der Waals surface area contributed by atoms with E-state index in [1.54, 1.807) is 4.90 Å². The van der Waals surface area contributed by atoms with Gasteiger partial charge in [0.2, 0.25) is 0 Å². The number of hydrogen-bond acceptors (Lipinski definition) is 3. The molecule has 2 unspecified atom stereocenters. The molecule has 150 valence electrons. The van der Waals surface area contributed by atoms with Gasteiger partial charge in [-0.2, -0.15) is 0 Å². The van der Waals surface area contributed by atoms with Crippen molar-refractivity contribution in [3.63, 3.8) is 0 Å². The van der Waals surface area contributed by atoms with Gasteiger partial charge in [-0.05, 0) is 43.5 Å². The zero-order valence-corrected chi connectivity index (χ0v) is 16.8. The van der Waals surface area contributed by atoms with Crippen LogP contribution in [-0.2, 0) is 6.54 Å². The van der Waals surface area contributed by atoms with Crippen LogP contribution in [0.1, 0.15) is 25.0 Å². The first-order chi connectivity index (χ1) is 14.1. The Balaban J connectivity index is 1.52. The van der Waals surface area contributed by atoms with Gasteiger partial charge in [-0.15, -0.1) is 0 Å². The van der Waals surface area contributed by atoms with E-state index < -0.39 is 6.09 Å². The third kappa shape index (κ3) is 3.36. The van der Waals surface area contributed by atoms with Crippen LogP contribution in [0.3, 0.4) is 0 Å². The summed E-state index contributed by atoms with van der Waals surface area (Å²) >= 11 is 6.09. The van der Waals surface area contributed by atoms with Crippen molar-refractivity contribution in [3.8, 4) is 11.3 Å². The molecule has 1 aromatic carbocycles. The van der Waals surface area contributed by atoms with E-state index in [9.17, 15) is 9.90 Å². The van der Waals surface area contributed by atoms with Crippen molar-refractivity contribution in [1.29, 1.82) is 0 Å². The number of benzene rings is 1. The highest BCUT2D eigenvalue weighted by atomic mass is 35.5. The molecule has 0 radical (unpaired) electrons. The molecule has 6 nitrogen and oxygen atoms in total. The second-order valence-electron chi connectivity index (χ2n) is 7.92. The number of fused-ring (bicyclic) bond motifs is 5. The number of carboxylic acid groups (broad SMARTS) is 1. The molecule has 3 aliphatic heterocycles. The second-order valence-corrected chi connectivity index (χ2v) is 8.36. The first kappa shape index (κ1) is 18.5. The maximum absolute atomic E-state index is 11.6. The van der Waals surface area contributed by atoms with Gasteiger partial charge in [0.1, 0.15) is 5.65 Å². The van der Waals surface area contributed by atoms with Gasteiger partial charge < -0.3 is 14.4 Å². The average Bonchev–Trinajstić information content (AvgIpc) is 2.86. The monoisotopic (exact) mass is 410 g/mol. The Labute approximate surface area is 174 Å². The van der Waals surface area contributed by atoms with Crippen LogP contribution in [0, 0.1) is 0 Å². The minimum absolute atomic E-state index is 0.0735. The molecule has 6 rings (SSSR count). The summed E-state index contributed by atoms with van der Waals surface area (Å²) in [6.07, 6.45) is 4.13. The number of rotatable bonds is 3. The fraction of sp³-hybridized carbons (Fsp3) is 0.364. The first-order valence-corrected chi connectivity index (χ1v) is 10.4. The predicted octanol–water partition coefficient (Wildman–Crippen LogP) is 4.37. The van der Waals surface area contributed by atoms with Crippen LogP contribution >= 0.6 is 11.6 Å². The molecule has 29 heavy (non-hydrogen) atoms. The van der Waals surface area contributed by atoms with Gasteiger partial charge in [-0.25, -0.2) is 9.78 Å². The van der Waals surface area contributed by atoms with E-state index in [-0.39, 0.29) is 6.04 Å². The molecule has 2 aromatic heterocycles. The van der Waals surface area contributed by atoms with E-state index in [4.69, 9.17) is 16.6 Å². The van der Waals surface area contributed by atoms with E-state index in [1.807, 2.05) is 42.5 Å². The van der Waals surface area contributed by atoms with E-state index >= 15 is 0 Å². The summed E-state index contributed by atoms with van der Waals surface area (Å²) in [4.78, 5) is 20.6. The largest absolute Gasteiger partial charge is 0.465 e. The minimum atomic E-state index is -0.797. The van der Waals surface area contributed by atoms with Gasteiger partial charge in [-0.1, -0.05) is 29.8 Å². The molecule has 5 heterocycles. The van der Waals surface area contributed by atoms with Crippen LogP contribution in [0.25, 0.3) is 16.9 Å². The molecule has 0 spiro atoms. The van der Waals surface area contributed by atoms with Crippen molar-refractivity contribution in [1.82, 2.24) is 19.2 Å². The average molecular weight is 411 g/mol. The smallest absolute Gasteiger partial charge is 0.407 e. The lowest BCUT2D eigenvalue weighted by atomic mass is 9.98. The highest BCUT2D eigenvalue weighted by Crippen LogP contribution is 2.32. The number of pyridine rings is 1. The second kappa shape index (κ2) is 7.35. The zero-order valence-electron chi connectivity index (χ0n) is 16.0. The molecule has 0 aliphatic carbocycles. The molecule has 2 bridgehead atoms. The maximum Gasteiger partial charge on any atom is 0.407 e. The van der Waals surface area contributed by atoms with Crippen LogP contribution in [0.4, 0.5) is 4.79 Å². The van der Waals surface area contributed by atoms with Gasteiger partial charge >= 0.3 is 6.09 Å². The number of aromatic nitrogens is 2. The Hall–Kier alpha value is -2.57. The fourth-order valence-electron chi connectivity index (χ4n) is 4.80.